The minimum Gasteiger partial charge on any atom is -0.396 e. The van der Waals surface area contributed by atoms with Crippen molar-refractivity contribution in [2.75, 3.05) is 6.61 Å². The lowest BCUT2D eigenvalue weighted by molar-refractivity contribution is 0.0940. The van der Waals surface area contributed by atoms with Crippen molar-refractivity contribution in [3.63, 3.8) is 0 Å². The molecule has 0 spiro atoms. The maximum atomic E-state index is 11.7. The molecule has 1 aromatic heterocycles. The Morgan fingerprint density at radius 2 is 2.33 bits per heavy atom. The van der Waals surface area contributed by atoms with E-state index in [2.05, 4.69) is 5.32 Å². The summed E-state index contributed by atoms with van der Waals surface area (Å²) in [4.78, 5) is 13.6. The van der Waals surface area contributed by atoms with Crippen molar-refractivity contribution in [2.45, 2.75) is 32.7 Å². The van der Waals surface area contributed by atoms with E-state index in [1.165, 1.54) is 11.3 Å². The predicted molar refractivity (Wildman–Crippen MR) is 62.3 cm³/mol. The molecule has 15 heavy (non-hydrogen) atoms. The van der Waals surface area contributed by atoms with Crippen molar-refractivity contribution in [3.05, 3.63) is 21.9 Å². The molecule has 0 radical (unpaired) electrons. The van der Waals surface area contributed by atoms with Crippen LogP contribution in [0.15, 0.2) is 12.1 Å². The van der Waals surface area contributed by atoms with Gasteiger partial charge in [0.2, 0.25) is 0 Å². The van der Waals surface area contributed by atoms with Crippen LogP contribution >= 0.6 is 11.3 Å². The van der Waals surface area contributed by atoms with E-state index in [-0.39, 0.29) is 18.6 Å². The van der Waals surface area contributed by atoms with E-state index < -0.39 is 0 Å². The molecule has 1 rings (SSSR count). The summed E-state index contributed by atoms with van der Waals surface area (Å²) < 4.78 is 0. The maximum Gasteiger partial charge on any atom is 0.261 e. The summed E-state index contributed by atoms with van der Waals surface area (Å²) in [5, 5.41) is 11.6. The number of carbonyl (C=O) groups excluding carboxylic acids is 1. The monoisotopic (exact) mass is 227 g/mol. The molecule has 0 aliphatic heterocycles. The number of hydrogen-bond donors (Lipinski definition) is 2. The van der Waals surface area contributed by atoms with E-state index in [1.807, 2.05) is 26.0 Å². The Balaban J connectivity index is 2.42. The van der Waals surface area contributed by atoms with Gasteiger partial charge >= 0.3 is 0 Å². The first-order valence-corrected chi connectivity index (χ1v) is 5.93. The lowest BCUT2D eigenvalue weighted by Gasteiger charge is -2.11. The molecule has 4 heteroatoms. The van der Waals surface area contributed by atoms with E-state index in [1.54, 1.807) is 0 Å². The van der Waals surface area contributed by atoms with Gasteiger partial charge in [0.25, 0.3) is 5.91 Å². The normalized spacial score (nSPS) is 12.5. The third-order valence-electron chi connectivity index (χ3n) is 2.14. The number of thiophene rings is 1. The maximum absolute atomic E-state index is 11.7. The van der Waals surface area contributed by atoms with Gasteiger partial charge in [-0.05, 0) is 38.8 Å². The van der Waals surface area contributed by atoms with Crippen molar-refractivity contribution < 1.29 is 9.90 Å². The Morgan fingerprint density at radius 3 is 2.87 bits per heavy atom. The molecule has 3 nitrogen and oxygen atoms in total. The van der Waals surface area contributed by atoms with Crippen LogP contribution in [0.5, 0.6) is 0 Å². The van der Waals surface area contributed by atoms with Crippen LogP contribution in [0, 0.1) is 6.92 Å². The Morgan fingerprint density at radius 1 is 1.60 bits per heavy atom. The predicted octanol–water partition coefficient (Wildman–Crippen LogP) is 1.95. The first-order chi connectivity index (χ1) is 7.13. The number of aliphatic hydroxyl groups excluding tert-OH is 1. The summed E-state index contributed by atoms with van der Waals surface area (Å²) in [6.07, 6.45) is 1.54. The molecule has 1 atom stereocenters. The Bertz CT molecular complexity index is 322. The Labute approximate surface area is 94.1 Å². The van der Waals surface area contributed by atoms with E-state index in [4.69, 9.17) is 5.11 Å². The molecule has 1 aromatic rings. The molecule has 0 bridgehead atoms. The van der Waals surface area contributed by atoms with Crippen LogP contribution < -0.4 is 5.32 Å². The van der Waals surface area contributed by atoms with Gasteiger partial charge in [0.05, 0.1) is 4.88 Å². The second-order valence-electron chi connectivity index (χ2n) is 3.65. The quantitative estimate of drug-likeness (QED) is 0.807. The van der Waals surface area contributed by atoms with E-state index in [9.17, 15) is 4.79 Å². The van der Waals surface area contributed by atoms with Crippen LogP contribution in [0.2, 0.25) is 0 Å². The number of amides is 1. The second kappa shape index (κ2) is 5.88. The van der Waals surface area contributed by atoms with Crippen LogP contribution in [0.1, 0.15) is 34.3 Å². The third-order valence-corrected chi connectivity index (χ3v) is 3.14. The summed E-state index contributed by atoms with van der Waals surface area (Å²) in [5.74, 6) is -0.0152. The minimum absolute atomic E-state index is 0.0152. The molecule has 1 amide bonds. The summed E-state index contributed by atoms with van der Waals surface area (Å²) in [5.41, 5.74) is 0. The SMILES string of the molecule is Cc1ccc(C(=O)NC(C)CCCO)s1. The van der Waals surface area contributed by atoms with Crippen LogP contribution in [0.25, 0.3) is 0 Å². The van der Waals surface area contributed by atoms with Crippen molar-refractivity contribution >= 4 is 17.2 Å². The van der Waals surface area contributed by atoms with Gasteiger partial charge in [-0.25, -0.2) is 0 Å². The molecule has 0 aromatic carbocycles. The largest absolute Gasteiger partial charge is 0.396 e. The molecule has 2 N–H and O–H groups in total. The number of aryl methyl sites for hydroxylation is 1. The van der Waals surface area contributed by atoms with Gasteiger partial charge in [-0.2, -0.15) is 0 Å². The van der Waals surface area contributed by atoms with Gasteiger partial charge < -0.3 is 10.4 Å². The van der Waals surface area contributed by atoms with E-state index >= 15 is 0 Å². The zero-order chi connectivity index (χ0) is 11.3. The van der Waals surface area contributed by atoms with Gasteiger partial charge in [0.15, 0.2) is 0 Å². The molecule has 84 valence electrons. The molecular formula is C11H17NO2S. The van der Waals surface area contributed by atoms with Crippen molar-refractivity contribution in [1.29, 1.82) is 0 Å². The van der Waals surface area contributed by atoms with Gasteiger partial charge in [-0.3, -0.25) is 4.79 Å². The molecule has 0 aliphatic carbocycles. The molecule has 1 unspecified atom stereocenters. The highest BCUT2D eigenvalue weighted by Crippen LogP contribution is 2.15. The second-order valence-corrected chi connectivity index (χ2v) is 4.94. The van der Waals surface area contributed by atoms with Gasteiger partial charge in [-0.15, -0.1) is 11.3 Å². The average molecular weight is 227 g/mol. The number of rotatable bonds is 5. The van der Waals surface area contributed by atoms with E-state index in [0.717, 1.165) is 22.6 Å². The smallest absolute Gasteiger partial charge is 0.261 e. The first kappa shape index (κ1) is 12.2. The number of aliphatic hydroxyl groups is 1. The fraction of sp³-hybridized carbons (Fsp3) is 0.545. The van der Waals surface area contributed by atoms with Crippen LogP contribution in [-0.4, -0.2) is 23.7 Å². The topological polar surface area (TPSA) is 49.3 Å². The average Bonchev–Trinajstić information content (AvgIpc) is 2.61. The molecule has 0 saturated heterocycles. The lowest BCUT2D eigenvalue weighted by atomic mass is 10.2. The third kappa shape index (κ3) is 4.01. The fourth-order valence-electron chi connectivity index (χ4n) is 1.32. The summed E-state index contributed by atoms with van der Waals surface area (Å²) >= 11 is 1.50. The Kier molecular flexibility index (Phi) is 4.78. The number of hydrogen-bond acceptors (Lipinski definition) is 3. The summed E-state index contributed by atoms with van der Waals surface area (Å²) in [6.45, 7) is 4.11. The minimum atomic E-state index is -0.0152. The number of carbonyl (C=O) groups is 1. The first-order valence-electron chi connectivity index (χ1n) is 5.11. The van der Waals surface area contributed by atoms with Crippen LogP contribution in [0.3, 0.4) is 0 Å². The highest BCUT2D eigenvalue weighted by molar-refractivity contribution is 7.13. The molecular weight excluding hydrogens is 210 g/mol. The molecule has 0 aliphatic rings. The standard InChI is InChI=1S/C11H17NO2S/c1-8(4-3-7-13)12-11(14)10-6-5-9(2)15-10/h5-6,8,13H,3-4,7H2,1-2H3,(H,12,14). The fourth-order valence-corrected chi connectivity index (χ4v) is 2.09. The van der Waals surface area contributed by atoms with Crippen LogP contribution in [0.4, 0.5) is 0 Å². The van der Waals surface area contributed by atoms with Gasteiger partial charge in [-0.1, -0.05) is 0 Å². The van der Waals surface area contributed by atoms with E-state index in [0.29, 0.717) is 0 Å². The van der Waals surface area contributed by atoms with Crippen molar-refractivity contribution in [3.8, 4) is 0 Å². The highest BCUT2D eigenvalue weighted by atomic mass is 32.1. The lowest BCUT2D eigenvalue weighted by Crippen LogP contribution is -2.32. The Hall–Kier alpha value is -0.870. The molecule has 0 fully saturated rings. The molecule has 1 heterocycles. The number of nitrogens with one attached hydrogen (secondary N) is 1. The zero-order valence-corrected chi connectivity index (χ0v) is 9.93. The summed E-state index contributed by atoms with van der Waals surface area (Å²) in [6, 6.07) is 3.90. The molecule has 0 saturated carbocycles. The van der Waals surface area contributed by atoms with Crippen LogP contribution in [-0.2, 0) is 0 Å². The zero-order valence-electron chi connectivity index (χ0n) is 9.12. The van der Waals surface area contributed by atoms with Crippen molar-refractivity contribution in [2.24, 2.45) is 0 Å². The highest BCUT2D eigenvalue weighted by Gasteiger charge is 2.10. The summed E-state index contributed by atoms with van der Waals surface area (Å²) in [7, 11) is 0. The van der Waals surface area contributed by atoms with Crippen molar-refractivity contribution in [1.82, 2.24) is 5.32 Å². The van der Waals surface area contributed by atoms with Gasteiger partial charge in [0, 0.05) is 17.5 Å². The van der Waals surface area contributed by atoms with Gasteiger partial charge in [0.1, 0.15) is 0 Å².